The molecular weight excluding hydrogens is 306 g/mol. The van der Waals surface area contributed by atoms with E-state index in [1.807, 2.05) is 42.8 Å². The molecule has 0 aliphatic rings. The maximum absolute atomic E-state index is 11.9. The van der Waals surface area contributed by atoms with Crippen molar-refractivity contribution < 1.29 is 8.42 Å². The van der Waals surface area contributed by atoms with Crippen LogP contribution in [0.5, 0.6) is 0 Å². The van der Waals surface area contributed by atoms with Crippen molar-refractivity contribution in [2.75, 3.05) is 24.7 Å². The second-order valence-corrected chi connectivity index (χ2v) is 7.38. The normalized spacial score (nSPS) is 11.5. The van der Waals surface area contributed by atoms with Crippen LogP contribution in [0, 0.1) is 0 Å². The number of nitrogens with zero attached hydrogens (tertiary/aromatic N) is 1. The minimum atomic E-state index is -3.24. The van der Waals surface area contributed by atoms with Gasteiger partial charge in [-0.25, -0.2) is 18.1 Å². The van der Waals surface area contributed by atoms with Crippen molar-refractivity contribution >= 4 is 26.5 Å². The smallest absolute Gasteiger partial charge is 0.211 e. The number of anilines is 1. The SMILES string of the molecule is CNc1nc(CCNS(=O)(=O)CCc2ccccc2)cs1. The number of benzene rings is 1. The molecule has 1 heterocycles. The zero-order chi connectivity index (χ0) is 15.1. The van der Waals surface area contributed by atoms with Gasteiger partial charge in [0.05, 0.1) is 11.4 Å². The molecule has 0 saturated carbocycles. The van der Waals surface area contributed by atoms with Crippen molar-refractivity contribution in [1.29, 1.82) is 0 Å². The molecule has 0 spiro atoms. The van der Waals surface area contributed by atoms with E-state index in [4.69, 9.17) is 0 Å². The Morgan fingerprint density at radius 3 is 2.62 bits per heavy atom. The van der Waals surface area contributed by atoms with Crippen molar-refractivity contribution in [3.05, 3.63) is 47.0 Å². The second-order valence-electron chi connectivity index (χ2n) is 4.59. The number of thiazole rings is 1. The van der Waals surface area contributed by atoms with Crippen molar-refractivity contribution in [2.45, 2.75) is 12.8 Å². The van der Waals surface area contributed by atoms with Gasteiger partial charge in [-0.3, -0.25) is 0 Å². The van der Waals surface area contributed by atoms with Gasteiger partial charge in [0.1, 0.15) is 0 Å². The summed E-state index contributed by atoms with van der Waals surface area (Å²) in [5, 5.41) is 5.74. The van der Waals surface area contributed by atoms with Crippen molar-refractivity contribution in [1.82, 2.24) is 9.71 Å². The Morgan fingerprint density at radius 2 is 1.95 bits per heavy atom. The first kappa shape index (κ1) is 15.9. The molecule has 0 unspecified atom stereocenters. The standard InChI is InChI=1S/C14H19N3O2S2/c1-15-14-17-13(11-20-14)7-9-16-21(18,19)10-8-12-5-3-2-4-6-12/h2-6,11,16H,7-10H2,1H3,(H,15,17). The van der Waals surface area contributed by atoms with Crippen LogP contribution >= 0.6 is 11.3 Å². The number of aromatic nitrogens is 1. The van der Waals surface area contributed by atoms with E-state index in [0.717, 1.165) is 16.4 Å². The summed E-state index contributed by atoms with van der Waals surface area (Å²) in [6.45, 7) is 0.379. The third-order valence-electron chi connectivity index (χ3n) is 2.97. The first-order valence-corrected chi connectivity index (χ1v) is 9.26. The Kier molecular flexibility index (Phi) is 5.72. The fourth-order valence-corrected chi connectivity index (χ4v) is 3.61. The van der Waals surface area contributed by atoms with E-state index >= 15 is 0 Å². The zero-order valence-corrected chi connectivity index (χ0v) is 13.5. The van der Waals surface area contributed by atoms with Crippen LogP contribution in [0.4, 0.5) is 5.13 Å². The molecule has 1 aromatic carbocycles. The van der Waals surface area contributed by atoms with Gasteiger partial charge in [-0.05, 0) is 12.0 Å². The van der Waals surface area contributed by atoms with Gasteiger partial charge < -0.3 is 5.32 Å². The fourth-order valence-electron chi connectivity index (χ4n) is 1.84. The molecule has 0 aliphatic heterocycles. The first-order valence-electron chi connectivity index (χ1n) is 6.72. The van der Waals surface area contributed by atoms with Crippen LogP contribution in [0.1, 0.15) is 11.3 Å². The van der Waals surface area contributed by atoms with Gasteiger partial charge in [0.2, 0.25) is 10.0 Å². The van der Waals surface area contributed by atoms with E-state index in [2.05, 4.69) is 15.0 Å². The van der Waals surface area contributed by atoms with Gasteiger partial charge in [-0.2, -0.15) is 0 Å². The Labute approximate surface area is 129 Å². The quantitative estimate of drug-likeness (QED) is 0.777. The Morgan fingerprint density at radius 1 is 1.19 bits per heavy atom. The van der Waals surface area contributed by atoms with Gasteiger partial charge in [0, 0.05) is 25.4 Å². The molecule has 0 aliphatic carbocycles. The van der Waals surface area contributed by atoms with Gasteiger partial charge >= 0.3 is 0 Å². The zero-order valence-electron chi connectivity index (χ0n) is 11.9. The maximum atomic E-state index is 11.9. The number of sulfonamides is 1. The van der Waals surface area contributed by atoms with Crippen LogP contribution in [0.25, 0.3) is 0 Å². The van der Waals surface area contributed by atoms with E-state index < -0.39 is 10.0 Å². The highest BCUT2D eigenvalue weighted by atomic mass is 32.2. The molecule has 0 saturated heterocycles. The summed E-state index contributed by atoms with van der Waals surface area (Å²) in [6, 6.07) is 9.62. The average molecular weight is 325 g/mol. The maximum Gasteiger partial charge on any atom is 0.211 e. The second kappa shape index (κ2) is 7.53. The summed E-state index contributed by atoms with van der Waals surface area (Å²) in [4.78, 5) is 4.31. The molecule has 0 fully saturated rings. The third-order valence-corrected chi connectivity index (χ3v) is 5.27. The van der Waals surface area contributed by atoms with Crippen LogP contribution in [0.3, 0.4) is 0 Å². The van der Waals surface area contributed by atoms with E-state index in [1.54, 1.807) is 0 Å². The van der Waals surface area contributed by atoms with Crippen LogP contribution in [0.15, 0.2) is 35.7 Å². The molecule has 1 aromatic heterocycles. The molecule has 2 rings (SSSR count). The van der Waals surface area contributed by atoms with Gasteiger partial charge in [0.25, 0.3) is 0 Å². The number of hydrogen-bond acceptors (Lipinski definition) is 5. The fraction of sp³-hybridized carbons (Fsp3) is 0.357. The Bertz CT molecular complexity index is 654. The molecule has 5 nitrogen and oxygen atoms in total. The van der Waals surface area contributed by atoms with Gasteiger partial charge in [-0.15, -0.1) is 11.3 Å². The lowest BCUT2D eigenvalue weighted by Gasteiger charge is -2.06. The third kappa shape index (κ3) is 5.45. The van der Waals surface area contributed by atoms with E-state index in [-0.39, 0.29) is 5.75 Å². The average Bonchev–Trinajstić information content (AvgIpc) is 2.94. The molecule has 114 valence electrons. The van der Waals surface area contributed by atoms with E-state index in [0.29, 0.717) is 19.4 Å². The van der Waals surface area contributed by atoms with Crippen LogP contribution in [-0.4, -0.2) is 32.7 Å². The van der Waals surface area contributed by atoms with Gasteiger partial charge in [0.15, 0.2) is 5.13 Å². The largest absolute Gasteiger partial charge is 0.365 e. The Hall–Kier alpha value is -1.44. The predicted octanol–water partition coefficient (Wildman–Crippen LogP) is 1.89. The lowest BCUT2D eigenvalue weighted by Crippen LogP contribution is -2.29. The summed E-state index contributed by atoms with van der Waals surface area (Å²) in [6.07, 6.45) is 1.12. The molecule has 7 heteroatoms. The summed E-state index contributed by atoms with van der Waals surface area (Å²) in [5.41, 5.74) is 1.93. The van der Waals surface area contributed by atoms with Gasteiger partial charge in [-0.1, -0.05) is 30.3 Å². The summed E-state index contributed by atoms with van der Waals surface area (Å²) >= 11 is 1.52. The summed E-state index contributed by atoms with van der Waals surface area (Å²) in [5.74, 6) is 0.107. The summed E-state index contributed by atoms with van der Waals surface area (Å²) in [7, 11) is -1.42. The highest BCUT2D eigenvalue weighted by Gasteiger charge is 2.10. The lowest BCUT2D eigenvalue weighted by molar-refractivity contribution is 0.580. The minimum Gasteiger partial charge on any atom is -0.365 e. The molecule has 2 aromatic rings. The first-order chi connectivity index (χ1) is 10.1. The molecular formula is C14H19N3O2S2. The van der Waals surface area contributed by atoms with Crippen molar-refractivity contribution in [3.8, 4) is 0 Å². The van der Waals surface area contributed by atoms with Crippen LogP contribution in [-0.2, 0) is 22.9 Å². The molecule has 0 amide bonds. The number of rotatable bonds is 8. The number of hydrogen-bond donors (Lipinski definition) is 2. The molecule has 21 heavy (non-hydrogen) atoms. The van der Waals surface area contributed by atoms with E-state index in [1.165, 1.54) is 11.3 Å². The molecule has 0 atom stereocenters. The number of nitrogens with one attached hydrogen (secondary N) is 2. The highest BCUT2D eigenvalue weighted by Crippen LogP contribution is 2.14. The van der Waals surface area contributed by atoms with Crippen LogP contribution in [0.2, 0.25) is 0 Å². The molecule has 0 radical (unpaired) electrons. The molecule has 0 bridgehead atoms. The van der Waals surface area contributed by atoms with Crippen LogP contribution < -0.4 is 10.0 Å². The number of aryl methyl sites for hydroxylation is 1. The lowest BCUT2D eigenvalue weighted by atomic mass is 10.2. The summed E-state index contributed by atoms with van der Waals surface area (Å²) < 4.78 is 26.4. The topological polar surface area (TPSA) is 71.1 Å². The highest BCUT2D eigenvalue weighted by molar-refractivity contribution is 7.89. The van der Waals surface area contributed by atoms with Crippen molar-refractivity contribution in [2.24, 2.45) is 0 Å². The monoisotopic (exact) mass is 325 g/mol. The Balaban J connectivity index is 1.76. The molecule has 2 N–H and O–H groups in total. The van der Waals surface area contributed by atoms with E-state index in [9.17, 15) is 8.42 Å². The predicted molar refractivity (Wildman–Crippen MR) is 87.3 cm³/mol. The van der Waals surface area contributed by atoms with Crippen molar-refractivity contribution in [3.63, 3.8) is 0 Å². The minimum absolute atomic E-state index is 0.107.